The van der Waals surface area contributed by atoms with Crippen LogP contribution in [-0.2, 0) is 16.6 Å². The molecule has 0 aliphatic carbocycles. The highest BCUT2D eigenvalue weighted by Crippen LogP contribution is 2.14. The van der Waals surface area contributed by atoms with Crippen molar-refractivity contribution < 1.29 is 8.42 Å². The van der Waals surface area contributed by atoms with Crippen LogP contribution in [0.5, 0.6) is 0 Å². The molecule has 0 spiro atoms. The van der Waals surface area contributed by atoms with Crippen LogP contribution in [-0.4, -0.2) is 32.8 Å². The molecule has 3 N–H and O–H groups in total. The molecule has 0 fully saturated rings. The molecule has 128 valence electrons. The fourth-order valence-electron chi connectivity index (χ4n) is 1.98. The van der Waals surface area contributed by atoms with Gasteiger partial charge in [-0.1, -0.05) is 29.8 Å². The van der Waals surface area contributed by atoms with Crippen molar-refractivity contribution in [2.75, 3.05) is 19.4 Å². The van der Waals surface area contributed by atoms with Gasteiger partial charge in [-0.2, -0.15) is 0 Å². The molecule has 0 unspecified atom stereocenters. The van der Waals surface area contributed by atoms with E-state index in [0.29, 0.717) is 12.5 Å². The van der Waals surface area contributed by atoms with E-state index < -0.39 is 10.0 Å². The number of nitrogens with two attached hydrogens (primary N) is 1. The molecule has 2 aromatic carbocycles. The van der Waals surface area contributed by atoms with Crippen LogP contribution in [0, 0.1) is 6.92 Å². The second-order valence-corrected chi connectivity index (χ2v) is 7.78. The quantitative estimate of drug-likeness (QED) is 0.641. The highest BCUT2D eigenvalue weighted by molar-refractivity contribution is 7.89. The van der Waals surface area contributed by atoms with Gasteiger partial charge in [0.15, 0.2) is 5.96 Å². The monoisotopic (exact) mass is 346 g/mol. The van der Waals surface area contributed by atoms with E-state index in [1.165, 1.54) is 24.0 Å². The van der Waals surface area contributed by atoms with Crippen LogP contribution in [0.2, 0.25) is 0 Å². The van der Waals surface area contributed by atoms with Crippen LogP contribution in [0.4, 0.5) is 5.69 Å². The van der Waals surface area contributed by atoms with Gasteiger partial charge in [0, 0.05) is 19.8 Å². The number of rotatable bonds is 5. The predicted molar refractivity (Wildman–Crippen MR) is 97.4 cm³/mol. The number of aliphatic imine (C=N–C) groups is 1. The third kappa shape index (κ3) is 4.56. The van der Waals surface area contributed by atoms with Crippen LogP contribution < -0.4 is 11.1 Å². The Hall–Kier alpha value is -2.38. The fourth-order valence-corrected chi connectivity index (χ4v) is 2.88. The van der Waals surface area contributed by atoms with Crippen molar-refractivity contribution in [3.8, 4) is 0 Å². The molecule has 7 heteroatoms. The van der Waals surface area contributed by atoms with E-state index in [4.69, 9.17) is 5.73 Å². The molecular formula is C17H22N4O2S. The summed E-state index contributed by atoms with van der Waals surface area (Å²) >= 11 is 0. The van der Waals surface area contributed by atoms with Crippen molar-refractivity contribution in [2.45, 2.75) is 18.4 Å². The van der Waals surface area contributed by atoms with Gasteiger partial charge in [0.05, 0.1) is 11.4 Å². The van der Waals surface area contributed by atoms with Crippen LogP contribution in [0.15, 0.2) is 58.4 Å². The molecule has 24 heavy (non-hydrogen) atoms. The second-order valence-electron chi connectivity index (χ2n) is 5.62. The van der Waals surface area contributed by atoms with E-state index in [1.807, 2.05) is 31.2 Å². The Morgan fingerprint density at radius 2 is 1.67 bits per heavy atom. The van der Waals surface area contributed by atoms with Crippen molar-refractivity contribution in [3.05, 3.63) is 59.7 Å². The summed E-state index contributed by atoms with van der Waals surface area (Å²) in [7, 11) is -0.399. The lowest BCUT2D eigenvalue weighted by Crippen LogP contribution is -2.22. The first-order valence-electron chi connectivity index (χ1n) is 7.44. The molecule has 2 aromatic rings. The zero-order valence-corrected chi connectivity index (χ0v) is 14.8. The average molecular weight is 346 g/mol. The number of anilines is 1. The molecule has 2 rings (SSSR count). The highest BCUT2D eigenvalue weighted by Gasteiger charge is 2.16. The highest BCUT2D eigenvalue weighted by atomic mass is 32.2. The number of guanidine groups is 1. The molecule has 0 bridgehead atoms. The van der Waals surface area contributed by atoms with E-state index >= 15 is 0 Å². The molecule has 0 aliphatic heterocycles. The van der Waals surface area contributed by atoms with E-state index in [1.54, 1.807) is 24.3 Å². The average Bonchev–Trinajstić information content (AvgIpc) is 2.55. The Labute approximate surface area is 143 Å². The Balaban J connectivity index is 2.02. The molecule has 0 atom stereocenters. The minimum Gasteiger partial charge on any atom is -0.370 e. The summed E-state index contributed by atoms with van der Waals surface area (Å²) in [6.45, 7) is 2.38. The van der Waals surface area contributed by atoms with Crippen LogP contribution in [0.3, 0.4) is 0 Å². The molecule has 6 nitrogen and oxygen atoms in total. The summed E-state index contributed by atoms with van der Waals surface area (Å²) in [6.07, 6.45) is 0. The normalized spacial score (nSPS) is 12.4. The number of aryl methyl sites for hydroxylation is 1. The van der Waals surface area contributed by atoms with Gasteiger partial charge in [-0.3, -0.25) is 0 Å². The lowest BCUT2D eigenvalue weighted by molar-refractivity contribution is 0.520. The van der Waals surface area contributed by atoms with Gasteiger partial charge in [0.2, 0.25) is 10.0 Å². The summed E-state index contributed by atoms with van der Waals surface area (Å²) in [4.78, 5) is 4.52. The third-order valence-electron chi connectivity index (χ3n) is 3.46. The van der Waals surface area contributed by atoms with E-state index in [-0.39, 0.29) is 4.90 Å². The number of nitrogens with one attached hydrogen (secondary N) is 1. The lowest BCUT2D eigenvalue weighted by atomic mass is 10.2. The first kappa shape index (κ1) is 18.0. The Morgan fingerprint density at radius 3 is 2.21 bits per heavy atom. The number of benzene rings is 2. The van der Waals surface area contributed by atoms with Crippen molar-refractivity contribution >= 4 is 21.7 Å². The van der Waals surface area contributed by atoms with E-state index in [0.717, 1.165) is 11.3 Å². The molecule has 0 aliphatic rings. The van der Waals surface area contributed by atoms with Gasteiger partial charge in [-0.25, -0.2) is 17.7 Å². The van der Waals surface area contributed by atoms with Gasteiger partial charge < -0.3 is 11.1 Å². The van der Waals surface area contributed by atoms with Crippen molar-refractivity contribution in [1.29, 1.82) is 0 Å². The fraction of sp³-hybridized carbons (Fsp3) is 0.235. The largest absolute Gasteiger partial charge is 0.370 e. The maximum Gasteiger partial charge on any atom is 0.242 e. The summed E-state index contributed by atoms with van der Waals surface area (Å²) in [6, 6.07) is 14.4. The van der Waals surface area contributed by atoms with E-state index in [2.05, 4.69) is 10.3 Å². The molecule has 0 amide bonds. The van der Waals surface area contributed by atoms with Gasteiger partial charge in [-0.05, 0) is 36.8 Å². The van der Waals surface area contributed by atoms with Gasteiger partial charge in [0.1, 0.15) is 0 Å². The van der Waals surface area contributed by atoms with Crippen LogP contribution in [0.1, 0.15) is 11.1 Å². The number of hydrogen-bond donors (Lipinski definition) is 2. The summed E-state index contributed by atoms with van der Waals surface area (Å²) in [5, 5.41) is 3.02. The maximum atomic E-state index is 12.0. The molecular weight excluding hydrogens is 324 g/mol. The Bertz CT molecular complexity index is 811. The molecule has 0 saturated carbocycles. The predicted octanol–water partition coefficient (Wildman–Crippen LogP) is 2.17. The second kappa shape index (κ2) is 7.46. The first-order chi connectivity index (χ1) is 11.3. The van der Waals surface area contributed by atoms with Crippen molar-refractivity contribution in [1.82, 2.24) is 4.31 Å². The number of sulfonamides is 1. The minimum absolute atomic E-state index is 0.256. The summed E-state index contributed by atoms with van der Waals surface area (Å²) in [5.74, 6) is 0.309. The summed E-state index contributed by atoms with van der Waals surface area (Å²) in [5.41, 5.74) is 8.78. The van der Waals surface area contributed by atoms with Crippen molar-refractivity contribution in [2.24, 2.45) is 10.7 Å². The smallest absolute Gasteiger partial charge is 0.242 e. The lowest BCUT2D eigenvalue weighted by Gasteiger charge is -2.11. The Morgan fingerprint density at radius 1 is 1.08 bits per heavy atom. The zero-order chi connectivity index (χ0) is 17.7. The van der Waals surface area contributed by atoms with Gasteiger partial charge >= 0.3 is 0 Å². The Kier molecular flexibility index (Phi) is 5.58. The molecule has 0 aromatic heterocycles. The van der Waals surface area contributed by atoms with E-state index in [9.17, 15) is 8.42 Å². The first-order valence-corrected chi connectivity index (χ1v) is 8.88. The number of hydrogen-bond acceptors (Lipinski definition) is 3. The molecule has 0 radical (unpaired) electrons. The minimum atomic E-state index is -3.41. The maximum absolute atomic E-state index is 12.0. The third-order valence-corrected chi connectivity index (χ3v) is 5.29. The topological polar surface area (TPSA) is 87.8 Å². The zero-order valence-electron chi connectivity index (χ0n) is 14.0. The van der Waals surface area contributed by atoms with Crippen LogP contribution >= 0.6 is 0 Å². The van der Waals surface area contributed by atoms with Gasteiger partial charge in [-0.15, -0.1) is 0 Å². The SMILES string of the molecule is Cc1ccc(NC(N)=NCc2ccc(S(=O)(=O)N(C)C)cc2)cc1. The standard InChI is InChI=1S/C17H22N4O2S/c1-13-4-8-15(9-5-13)20-17(18)19-12-14-6-10-16(11-7-14)24(22,23)21(2)3/h4-11H,12H2,1-3H3,(H3,18,19,20). The summed E-state index contributed by atoms with van der Waals surface area (Å²) < 4.78 is 25.2. The molecule has 0 saturated heterocycles. The van der Waals surface area contributed by atoms with Crippen LogP contribution in [0.25, 0.3) is 0 Å². The number of nitrogens with zero attached hydrogens (tertiary/aromatic N) is 2. The van der Waals surface area contributed by atoms with Gasteiger partial charge in [0.25, 0.3) is 0 Å². The van der Waals surface area contributed by atoms with Crippen molar-refractivity contribution in [3.63, 3.8) is 0 Å². The molecule has 0 heterocycles.